The number of nitrogens with zero attached hydrogens (tertiary/aromatic N) is 1. The van der Waals surface area contributed by atoms with Gasteiger partial charge in [-0.15, -0.1) is 0 Å². The van der Waals surface area contributed by atoms with Crippen molar-refractivity contribution in [3.63, 3.8) is 0 Å². The molecule has 144 valence electrons. The van der Waals surface area contributed by atoms with E-state index in [-0.39, 0.29) is 35.0 Å². The zero-order chi connectivity index (χ0) is 20.3. The molecule has 0 unspecified atom stereocenters. The molecule has 1 aliphatic rings. The molecular weight excluding hydrogens is 379 g/mol. The number of amides is 3. The van der Waals surface area contributed by atoms with Crippen LogP contribution in [0.4, 0.5) is 9.18 Å². The molecule has 1 aliphatic heterocycles. The lowest BCUT2D eigenvalue weighted by Crippen LogP contribution is -2.37. The summed E-state index contributed by atoms with van der Waals surface area (Å²) in [5.74, 6) is -1.04. The summed E-state index contributed by atoms with van der Waals surface area (Å²) >= 11 is 0.832. The molecule has 28 heavy (non-hydrogen) atoms. The van der Waals surface area contributed by atoms with Gasteiger partial charge in [0.15, 0.2) is 0 Å². The molecule has 3 rings (SSSR count). The minimum atomic E-state index is -0.417. The van der Waals surface area contributed by atoms with Crippen LogP contribution in [0.2, 0.25) is 0 Å². The molecule has 3 amide bonds. The maximum atomic E-state index is 13.0. The Bertz CT molecular complexity index is 950. The molecule has 1 heterocycles. The predicted molar refractivity (Wildman–Crippen MR) is 107 cm³/mol. The molecule has 5 nitrogen and oxygen atoms in total. The third kappa shape index (κ3) is 4.67. The van der Waals surface area contributed by atoms with Crippen molar-refractivity contribution in [2.45, 2.75) is 13.8 Å². The molecular formula is C21H19FN2O3S. The maximum absolute atomic E-state index is 13.0. The first kappa shape index (κ1) is 19.8. The lowest BCUT2D eigenvalue weighted by atomic mass is 10.1. The number of hydrogen-bond acceptors (Lipinski definition) is 4. The smallest absolute Gasteiger partial charge is 0.293 e. The van der Waals surface area contributed by atoms with Gasteiger partial charge >= 0.3 is 0 Å². The van der Waals surface area contributed by atoms with E-state index in [1.54, 1.807) is 18.2 Å². The van der Waals surface area contributed by atoms with Crippen LogP contribution in [0.15, 0.2) is 47.4 Å². The monoisotopic (exact) mass is 398 g/mol. The highest BCUT2D eigenvalue weighted by Crippen LogP contribution is 2.31. The largest absolute Gasteiger partial charge is 0.350 e. The Kier molecular flexibility index (Phi) is 5.94. The summed E-state index contributed by atoms with van der Waals surface area (Å²) in [6, 6.07) is 11.2. The van der Waals surface area contributed by atoms with Crippen molar-refractivity contribution in [3.05, 3.63) is 75.4 Å². The summed E-state index contributed by atoms with van der Waals surface area (Å²) in [4.78, 5) is 38.2. The second-order valence-electron chi connectivity index (χ2n) is 6.52. The van der Waals surface area contributed by atoms with Crippen LogP contribution >= 0.6 is 11.8 Å². The summed E-state index contributed by atoms with van der Waals surface area (Å²) in [6.45, 7) is 4.07. The van der Waals surface area contributed by atoms with E-state index in [9.17, 15) is 18.8 Å². The highest BCUT2D eigenvalue weighted by Gasteiger charge is 2.34. The topological polar surface area (TPSA) is 66.5 Å². The summed E-state index contributed by atoms with van der Waals surface area (Å²) in [7, 11) is 0. The first-order valence-electron chi connectivity index (χ1n) is 8.71. The Labute approximate surface area is 166 Å². The number of aryl methyl sites for hydroxylation is 2. The number of thioether (sulfide) groups is 1. The van der Waals surface area contributed by atoms with Crippen molar-refractivity contribution in [2.24, 2.45) is 0 Å². The fourth-order valence-corrected chi connectivity index (χ4v) is 3.76. The van der Waals surface area contributed by atoms with E-state index in [1.165, 1.54) is 24.3 Å². The Hall–Kier alpha value is -2.93. The van der Waals surface area contributed by atoms with Gasteiger partial charge in [0, 0.05) is 18.7 Å². The van der Waals surface area contributed by atoms with Gasteiger partial charge in [-0.05, 0) is 61.5 Å². The van der Waals surface area contributed by atoms with E-state index in [2.05, 4.69) is 5.32 Å². The second kappa shape index (κ2) is 8.39. The number of carbonyl (C=O) groups excluding carboxylic acids is 3. The molecule has 0 aliphatic carbocycles. The molecule has 1 fully saturated rings. The van der Waals surface area contributed by atoms with E-state index >= 15 is 0 Å². The first-order chi connectivity index (χ1) is 13.3. The van der Waals surface area contributed by atoms with E-state index in [0.717, 1.165) is 27.8 Å². The number of rotatable bonds is 5. The summed E-state index contributed by atoms with van der Waals surface area (Å²) in [6.07, 6.45) is 1.55. The van der Waals surface area contributed by atoms with Gasteiger partial charge in [-0.3, -0.25) is 19.3 Å². The van der Waals surface area contributed by atoms with Crippen molar-refractivity contribution in [1.29, 1.82) is 0 Å². The molecule has 0 radical (unpaired) electrons. The van der Waals surface area contributed by atoms with Gasteiger partial charge < -0.3 is 5.32 Å². The second-order valence-corrected chi connectivity index (χ2v) is 7.51. The quantitative estimate of drug-likeness (QED) is 0.776. The summed E-state index contributed by atoms with van der Waals surface area (Å²) in [5.41, 5.74) is 3.15. The van der Waals surface area contributed by atoms with E-state index < -0.39 is 5.91 Å². The minimum Gasteiger partial charge on any atom is -0.350 e. The van der Waals surface area contributed by atoms with Gasteiger partial charge in [-0.2, -0.15) is 0 Å². The van der Waals surface area contributed by atoms with Crippen LogP contribution in [0.25, 0.3) is 6.08 Å². The normalized spacial score (nSPS) is 15.4. The van der Waals surface area contributed by atoms with Gasteiger partial charge in [0.1, 0.15) is 5.82 Å². The molecule has 0 aromatic heterocycles. The SMILES string of the molecule is Cc1cc(C)cc(C(=O)NCCN2C(=O)SC(=Cc3ccc(F)cc3)C2=O)c1. The van der Waals surface area contributed by atoms with E-state index in [1.807, 2.05) is 19.9 Å². The van der Waals surface area contributed by atoms with Crippen LogP contribution in [-0.2, 0) is 4.79 Å². The fraction of sp³-hybridized carbons (Fsp3) is 0.190. The van der Waals surface area contributed by atoms with Crippen LogP contribution in [0, 0.1) is 19.7 Å². The molecule has 2 aromatic rings. The van der Waals surface area contributed by atoms with Crippen molar-refractivity contribution >= 4 is 34.9 Å². The molecule has 7 heteroatoms. The zero-order valence-corrected chi connectivity index (χ0v) is 16.3. The number of hydrogen-bond donors (Lipinski definition) is 1. The van der Waals surface area contributed by atoms with Crippen LogP contribution < -0.4 is 5.32 Å². The molecule has 0 spiro atoms. The van der Waals surface area contributed by atoms with Gasteiger partial charge in [-0.1, -0.05) is 29.3 Å². The molecule has 0 bridgehead atoms. The predicted octanol–water partition coefficient (Wildman–Crippen LogP) is 3.91. The van der Waals surface area contributed by atoms with Crippen LogP contribution in [0.1, 0.15) is 27.0 Å². The van der Waals surface area contributed by atoms with Crippen molar-refractivity contribution in [1.82, 2.24) is 10.2 Å². The number of imide groups is 1. The molecule has 1 N–H and O–H groups in total. The third-order valence-electron chi connectivity index (χ3n) is 4.15. The lowest BCUT2D eigenvalue weighted by molar-refractivity contribution is -0.122. The zero-order valence-electron chi connectivity index (χ0n) is 15.5. The maximum Gasteiger partial charge on any atom is 0.293 e. The summed E-state index contributed by atoms with van der Waals surface area (Å²) < 4.78 is 13.0. The average Bonchev–Trinajstić information content (AvgIpc) is 2.90. The van der Waals surface area contributed by atoms with Gasteiger partial charge in [-0.25, -0.2) is 4.39 Å². The first-order valence-corrected chi connectivity index (χ1v) is 9.52. The third-order valence-corrected chi connectivity index (χ3v) is 5.05. The van der Waals surface area contributed by atoms with Gasteiger partial charge in [0.2, 0.25) is 0 Å². The van der Waals surface area contributed by atoms with Gasteiger partial charge in [0.05, 0.1) is 4.91 Å². The lowest BCUT2D eigenvalue weighted by Gasteiger charge is -2.13. The van der Waals surface area contributed by atoms with Crippen molar-refractivity contribution in [3.8, 4) is 0 Å². The molecule has 0 saturated carbocycles. The minimum absolute atomic E-state index is 0.0853. The fourth-order valence-electron chi connectivity index (χ4n) is 2.89. The average molecular weight is 398 g/mol. The van der Waals surface area contributed by atoms with Crippen LogP contribution in [0.3, 0.4) is 0 Å². The van der Waals surface area contributed by atoms with Gasteiger partial charge in [0.25, 0.3) is 17.1 Å². The van der Waals surface area contributed by atoms with E-state index in [0.29, 0.717) is 11.1 Å². The van der Waals surface area contributed by atoms with Crippen LogP contribution in [-0.4, -0.2) is 35.0 Å². The summed E-state index contributed by atoms with van der Waals surface area (Å²) in [5, 5.41) is 2.35. The highest BCUT2D eigenvalue weighted by molar-refractivity contribution is 8.18. The Morgan fingerprint density at radius 2 is 1.75 bits per heavy atom. The molecule has 2 aromatic carbocycles. The highest BCUT2D eigenvalue weighted by atomic mass is 32.2. The number of carbonyl (C=O) groups is 3. The van der Waals surface area contributed by atoms with Crippen molar-refractivity contribution in [2.75, 3.05) is 13.1 Å². The van der Waals surface area contributed by atoms with E-state index in [4.69, 9.17) is 0 Å². The number of nitrogens with one attached hydrogen (secondary N) is 1. The Morgan fingerprint density at radius 3 is 2.39 bits per heavy atom. The standard InChI is InChI=1S/C21H19FN2O3S/c1-13-9-14(2)11-16(10-13)19(25)23-7-8-24-20(26)18(28-21(24)27)12-15-3-5-17(22)6-4-15/h3-6,9-12H,7-8H2,1-2H3,(H,23,25). The van der Waals surface area contributed by atoms with Crippen LogP contribution in [0.5, 0.6) is 0 Å². The number of halogens is 1. The van der Waals surface area contributed by atoms with Crippen molar-refractivity contribution < 1.29 is 18.8 Å². The number of benzene rings is 2. The molecule has 0 atom stereocenters. The molecule has 1 saturated heterocycles. The Balaban J connectivity index is 1.60. The Morgan fingerprint density at radius 1 is 1.11 bits per heavy atom.